The molecule has 2 aromatic rings. The number of thioether (sulfide) groups is 1. The van der Waals surface area contributed by atoms with Crippen LogP contribution < -0.4 is 0 Å². The number of carboxylic acids is 1. The van der Waals surface area contributed by atoms with Crippen molar-refractivity contribution in [2.45, 2.75) is 10.8 Å². The molecule has 0 aliphatic rings. The summed E-state index contributed by atoms with van der Waals surface area (Å²) in [6.45, 7) is 0. The zero-order valence-corrected chi connectivity index (χ0v) is 11.2. The van der Waals surface area contributed by atoms with Crippen LogP contribution in [0.5, 0.6) is 0 Å². The fraction of sp³-hybridized carbons (Fsp3) is 0.0769. The van der Waals surface area contributed by atoms with Crippen molar-refractivity contribution >= 4 is 29.3 Å². The molecule has 1 heterocycles. The Balaban J connectivity index is 2.12. The van der Waals surface area contributed by atoms with Gasteiger partial charge in [-0.2, -0.15) is 0 Å². The molecule has 1 aromatic carbocycles. The molecular weight excluding hydrogens is 289 g/mol. The molecule has 0 atom stereocenters. The number of hydrogen-bond donors (Lipinski definition) is 1. The summed E-state index contributed by atoms with van der Waals surface area (Å²) in [7, 11) is 0. The number of nitrogens with zero attached hydrogens (tertiary/aromatic N) is 1. The highest BCUT2D eigenvalue weighted by Gasteiger charge is 2.08. The number of aromatic carboxylic acids is 1. The number of pyridine rings is 1. The van der Waals surface area contributed by atoms with Crippen LogP contribution in [0.15, 0.2) is 41.6 Å². The number of carboxylic acid groups (broad SMARTS) is 1. The summed E-state index contributed by atoms with van der Waals surface area (Å²) in [6, 6.07) is 7.65. The highest BCUT2D eigenvalue weighted by atomic mass is 35.5. The lowest BCUT2D eigenvalue weighted by atomic mass is 10.2. The van der Waals surface area contributed by atoms with E-state index < -0.39 is 11.8 Å². The van der Waals surface area contributed by atoms with Gasteiger partial charge in [0.15, 0.2) is 0 Å². The largest absolute Gasteiger partial charge is 0.478 e. The van der Waals surface area contributed by atoms with Gasteiger partial charge in [0.05, 0.1) is 15.6 Å². The number of carbonyl (C=O) groups is 1. The van der Waals surface area contributed by atoms with Crippen LogP contribution in [-0.2, 0) is 5.75 Å². The van der Waals surface area contributed by atoms with Crippen molar-refractivity contribution < 1.29 is 14.3 Å². The van der Waals surface area contributed by atoms with Crippen molar-refractivity contribution in [1.29, 1.82) is 0 Å². The summed E-state index contributed by atoms with van der Waals surface area (Å²) >= 11 is 6.94. The van der Waals surface area contributed by atoms with Crippen LogP contribution in [0.25, 0.3) is 0 Å². The Morgan fingerprint density at radius 1 is 1.42 bits per heavy atom. The Labute approximate surface area is 118 Å². The summed E-state index contributed by atoms with van der Waals surface area (Å²) in [6.07, 6.45) is 1.42. The van der Waals surface area contributed by atoms with E-state index in [-0.39, 0.29) is 10.6 Å². The molecule has 19 heavy (non-hydrogen) atoms. The highest BCUT2D eigenvalue weighted by molar-refractivity contribution is 7.98. The molecule has 0 bridgehead atoms. The van der Waals surface area contributed by atoms with Crippen molar-refractivity contribution in [2.24, 2.45) is 0 Å². The van der Waals surface area contributed by atoms with Crippen LogP contribution in [0.2, 0.25) is 5.02 Å². The second-order valence-electron chi connectivity index (χ2n) is 3.69. The van der Waals surface area contributed by atoms with Crippen LogP contribution in [0.3, 0.4) is 0 Å². The minimum absolute atomic E-state index is 0.0744. The third-order valence-electron chi connectivity index (χ3n) is 2.39. The van der Waals surface area contributed by atoms with Gasteiger partial charge in [-0.1, -0.05) is 23.7 Å². The Bertz CT molecular complexity index is 621. The van der Waals surface area contributed by atoms with Gasteiger partial charge in [0.2, 0.25) is 0 Å². The molecule has 98 valence electrons. The molecule has 0 saturated heterocycles. The lowest BCUT2D eigenvalue weighted by molar-refractivity contribution is 0.0696. The second kappa shape index (κ2) is 6.04. The monoisotopic (exact) mass is 297 g/mol. The summed E-state index contributed by atoms with van der Waals surface area (Å²) in [5, 5.41) is 9.46. The van der Waals surface area contributed by atoms with Crippen LogP contribution in [-0.4, -0.2) is 16.1 Å². The zero-order chi connectivity index (χ0) is 13.8. The van der Waals surface area contributed by atoms with E-state index >= 15 is 0 Å². The van der Waals surface area contributed by atoms with Crippen molar-refractivity contribution in [1.82, 2.24) is 4.98 Å². The van der Waals surface area contributed by atoms with Gasteiger partial charge in [-0.3, -0.25) is 0 Å². The van der Waals surface area contributed by atoms with Gasteiger partial charge in [-0.15, -0.1) is 11.8 Å². The maximum Gasteiger partial charge on any atom is 0.335 e. The standard InChI is InChI=1S/C13H9ClFNO2S/c14-10-3-1-2-9(12(10)15)7-19-11-6-8(13(17)18)4-5-16-11/h1-6H,7H2,(H,17,18). The Hall–Kier alpha value is -1.59. The van der Waals surface area contributed by atoms with E-state index in [1.54, 1.807) is 12.1 Å². The molecule has 0 saturated carbocycles. The molecule has 0 spiro atoms. The van der Waals surface area contributed by atoms with Gasteiger partial charge >= 0.3 is 5.97 Å². The molecule has 0 radical (unpaired) electrons. The van der Waals surface area contributed by atoms with Gasteiger partial charge in [-0.25, -0.2) is 14.2 Å². The van der Waals surface area contributed by atoms with Crippen molar-refractivity contribution in [3.05, 3.63) is 58.5 Å². The van der Waals surface area contributed by atoms with Crippen LogP contribution in [0.1, 0.15) is 15.9 Å². The Morgan fingerprint density at radius 3 is 2.95 bits per heavy atom. The van der Waals surface area contributed by atoms with E-state index in [9.17, 15) is 9.18 Å². The number of benzene rings is 1. The third kappa shape index (κ3) is 3.45. The van der Waals surface area contributed by atoms with Crippen LogP contribution in [0.4, 0.5) is 4.39 Å². The molecule has 0 aliphatic heterocycles. The molecular formula is C13H9ClFNO2S. The van der Waals surface area contributed by atoms with E-state index in [1.165, 1.54) is 36.2 Å². The molecule has 0 unspecified atom stereocenters. The number of aromatic nitrogens is 1. The van der Waals surface area contributed by atoms with Gasteiger partial charge in [-0.05, 0) is 23.8 Å². The van der Waals surface area contributed by atoms with Gasteiger partial charge < -0.3 is 5.11 Å². The average molecular weight is 298 g/mol. The third-order valence-corrected chi connectivity index (χ3v) is 3.66. The van der Waals surface area contributed by atoms with E-state index in [0.29, 0.717) is 16.3 Å². The highest BCUT2D eigenvalue weighted by Crippen LogP contribution is 2.25. The minimum atomic E-state index is -1.02. The van der Waals surface area contributed by atoms with Crippen LogP contribution >= 0.6 is 23.4 Å². The molecule has 1 N–H and O–H groups in total. The molecule has 0 aliphatic carbocycles. The van der Waals surface area contributed by atoms with Crippen molar-refractivity contribution in [3.8, 4) is 0 Å². The fourth-order valence-electron chi connectivity index (χ4n) is 1.43. The summed E-state index contributed by atoms with van der Waals surface area (Å²) < 4.78 is 13.7. The first-order valence-corrected chi connectivity index (χ1v) is 6.69. The van der Waals surface area contributed by atoms with E-state index in [0.717, 1.165) is 0 Å². The molecule has 0 fully saturated rings. The van der Waals surface area contributed by atoms with Crippen molar-refractivity contribution in [2.75, 3.05) is 0 Å². The molecule has 1 aromatic heterocycles. The van der Waals surface area contributed by atoms with Gasteiger partial charge in [0, 0.05) is 11.9 Å². The lowest BCUT2D eigenvalue weighted by Crippen LogP contribution is -1.97. The predicted molar refractivity (Wildman–Crippen MR) is 72.2 cm³/mol. The normalized spacial score (nSPS) is 10.4. The van der Waals surface area contributed by atoms with E-state index in [4.69, 9.17) is 16.7 Å². The quantitative estimate of drug-likeness (QED) is 0.871. The van der Waals surface area contributed by atoms with E-state index in [2.05, 4.69) is 4.98 Å². The number of hydrogen-bond acceptors (Lipinski definition) is 3. The summed E-state index contributed by atoms with van der Waals surface area (Å²) in [5.41, 5.74) is 0.615. The molecule has 2 rings (SSSR count). The van der Waals surface area contributed by atoms with Crippen molar-refractivity contribution in [3.63, 3.8) is 0 Å². The lowest BCUT2D eigenvalue weighted by Gasteiger charge is -2.04. The minimum Gasteiger partial charge on any atom is -0.478 e. The Morgan fingerprint density at radius 2 is 2.21 bits per heavy atom. The van der Waals surface area contributed by atoms with Crippen LogP contribution in [0, 0.1) is 5.82 Å². The fourth-order valence-corrected chi connectivity index (χ4v) is 2.50. The molecule has 3 nitrogen and oxygen atoms in total. The smallest absolute Gasteiger partial charge is 0.335 e. The maximum atomic E-state index is 13.7. The SMILES string of the molecule is O=C(O)c1ccnc(SCc2cccc(Cl)c2F)c1. The average Bonchev–Trinajstić information content (AvgIpc) is 2.41. The molecule has 0 amide bonds. The van der Waals surface area contributed by atoms with Gasteiger partial charge in [0.25, 0.3) is 0 Å². The number of rotatable bonds is 4. The topological polar surface area (TPSA) is 50.2 Å². The van der Waals surface area contributed by atoms with E-state index in [1.807, 2.05) is 0 Å². The second-order valence-corrected chi connectivity index (χ2v) is 5.09. The first kappa shape index (κ1) is 13.8. The zero-order valence-electron chi connectivity index (χ0n) is 9.64. The molecule has 6 heteroatoms. The summed E-state index contributed by atoms with van der Waals surface area (Å²) in [5.74, 6) is -1.13. The summed E-state index contributed by atoms with van der Waals surface area (Å²) in [4.78, 5) is 14.8. The predicted octanol–water partition coefficient (Wildman–Crippen LogP) is 3.86. The Kier molecular flexibility index (Phi) is 4.39. The first-order valence-electron chi connectivity index (χ1n) is 5.33. The maximum absolute atomic E-state index is 13.7. The number of halogens is 2. The van der Waals surface area contributed by atoms with Gasteiger partial charge in [0.1, 0.15) is 5.82 Å². The first-order chi connectivity index (χ1) is 9.08.